The number of rotatable bonds is 1. The van der Waals surface area contributed by atoms with Crippen molar-refractivity contribution in [3.8, 4) is 11.5 Å². The van der Waals surface area contributed by atoms with Crippen LogP contribution in [0.4, 0.5) is 13.2 Å². The summed E-state index contributed by atoms with van der Waals surface area (Å²) in [5.74, 6) is 0.606. The number of aryl methyl sites for hydroxylation is 2. The van der Waals surface area contributed by atoms with Crippen LogP contribution in [0.2, 0.25) is 0 Å². The second-order valence-corrected chi connectivity index (χ2v) is 6.40. The topological polar surface area (TPSA) is 100 Å². The van der Waals surface area contributed by atoms with E-state index in [1.165, 1.54) is 5.56 Å². The summed E-state index contributed by atoms with van der Waals surface area (Å²) in [6.07, 6.45) is 5.42. The second-order valence-electron chi connectivity index (χ2n) is 5.03. The Morgan fingerprint density at radius 3 is 2.48 bits per heavy atom. The third kappa shape index (κ3) is 4.73. The molecule has 0 N–H and O–H groups in total. The molecule has 0 saturated heterocycles. The van der Waals surface area contributed by atoms with Gasteiger partial charge in [-0.15, -0.1) is 0 Å². The van der Waals surface area contributed by atoms with Crippen LogP contribution in [0.1, 0.15) is 5.56 Å². The molecule has 7 nitrogen and oxygen atoms in total. The number of aromatic nitrogens is 3. The lowest BCUT2D eigenvalue weighted by Gasteiger charge is -2.08. The predicted molar refractivity (Wildman–Crippen MR) is 78.9 cm³/mol. The lowest BCUT2D eigenvalue weighted by molar-refractivity contribution is -0.674. The third-order valence-corrected chi connectivity index (χ3v) is 3.45. The van der Waals surface area contributed by atoms with Gasteiger partial charge in [0.1, 0.15) is 17.3 Å². The number of benzene rings is 1. The Balaban J connectivity index is 0.000000242. The fourth-order valence-electron chi connectivity index (χ4n) is 1.78. The first-order valence-electron chi connectivity index (χ1n) is 6.67. The molecule has 3 rings (SSSR count). The molecule has 0 spiro atoms. The van der Waals surface area contributed by atoms with Crippen LogP contribution in [0.25, 0.3) is 22.6 Å². The Kier molecular flexibility index (Phi) is 5.09. The summed E-state index contributed by atoms with van der Waals surface area (Å²) in [5.41, 5.74) is -1.91. The van der Waals surface area contributed by atoms with Crippen molar-refractivity contribution in [1.29, 1.82) is 0 Å². The minimum Gasteiger partial charge on any atom is -0.741 e. The highest BCUT2D eigenvalue weighted by atomic mass is 32.2. The summed E-state index contributed by atoms with van der Waals surface area (Å²) in [6, 6.07) is 5.97. The summed E-state index contributed by atoms with van der Waals surface area (Å²) in [7, 11) is -4.17. The molecule has 25 heavy (non-hydrogen) atoms. The maximum absolute atomic E-state index is 10.7. The number of hydrogen-bond acceptors (Lipinski definition) is 6. The summed E-state index contributed by atoms with van der Waals surface area (Å²) in [4.78, 5) is 8.58. The number of nitrogens with zero attached hydrogens (tertiary/aromatic N) is 3. The molecule has 3 aromatic rings. The molecule has 0 fully saturated rings. The molecule has 0 aliphatic rings. The Bertz CT molecular complexity index is 1000. The van der Waals surface area contributed by atoms with E-state index in [0.29, 0.717) is 5.89 Å². The smallest absolute Gasteiger partial charge is 0.485 e. The van der Waals surface area contributed by atoms with E-state index in [1.54, 1.807) is 12.5 Å². The molecule has 0 bridgehead atoms. The minimum absolute atomic E-state index is 0.606. The van der Waals surface area contributed by atoms with Gasteiger partial charge in [-0.25, -0.2) is 18.0 Å². The van der Waals surface area contributed by atoms with Crippen molar-refractivity contribution in [1.82, 2.24) is 9.97 Å². The zero-order valence-electron chi connectivity index (χ0n) is 13.0. The van der Waals surface area contributed by atoms with Gasteiger partial charge in [0.25, 0.3) is 6.33 Å². The molecule has 2 aromatic heterocycles. The Labute approximate surface area is 140 Å². The van der Waals surface area contributed by atoms with Crippen LogP contribution in [0, 0.1) is 6.92 Å². The fourth-order valence-corrected chi connectivity index (χ4v) is 1.78. The SMILES string of the molecule is Cc1ccc2oc(-c3cnc[n+](C)c3)nc2c1.O=S(=O)([O-])C(F)(F)F. The largest absolute Gasteiger partial charge is 0.741 e. The van der Waals surface area contributed by atoms with Crippen LogP contribution in [0.5, 0.6) is 0 Å². The van der Waals surface area contributed by atoms with E-state index in [0.717, 1.165) is 16.7 Å². The molecule has 1 aromatic carbocycles. The van der Waals surface area contributed by atoms with Gasteiger partial charge in [0.15, 0.2) is 21.9 Å². The molecule has 0 aliphatic heterocycles. The predicted octanol–water partition coefficient (Wildman–Crippen LogP) is 2.07. The molecule has 11 heteroatoms. The van der Waals surface area contributed by atoms with E-state index in [-0.39, 0.29) is 0 Å². The quantitative estimate of drug-likeness (QED) is 0.367. The molecular formula is C14H12F3N3O4S. The van der Waals surface area contributed by atoms with Crippen molar-refractivity contribution >= 4 is 21.2 Å². The Hall–Kier alpha value is -2.53. The monoisotopic (exact) mass is 375 g/mol. The molecule has 134 valence electrons. The number of alkyl halides is 3. The number of fused-ring (bicyclic) bond motifs is 1. The van der Waals surface area contributed by atoms with Crippen molar-refractivity contribution < 1.29 is 35.1 Å². The van der Waals surface area contributed by atoms with Crippen LogP contribution in [-0.4, -0.2) is 28.4 Å². The molecule has 0 aliphatic carbocycles. The average molecular weight is 375 g/mol. The zero-order chi connectivity index (χ0) is 18.8. The highest BCUT2D eigenvalue weighted by Gasteiger charge is 2.36. The van der Waals surface area contributed by atoms with Gasteiger partial charge >= 0.3 is 5.51 Å². The van der Waals surface area contributed by atoms with Crippen LogP contribution >= 0.6 is 0 Å². The third-order valence-electron chi connectivity index (χ3n) is 2.88. The van der Waals surface area contributed by atoms with Gasteiger partial charge in [0.05, 0.1) is 7.05 Å². The normalized spacial score (nSPS) is 11.9. The summed E-state index contributed by atoms with van der Waals surface area (Å²) in [5, 5.41) is 0. The molecule has 0 atom stereocenters. The van der Waals surface area contributed by atoms with Crippen LogP contribution in [-0.2, 0) is 17.2 Å². The first-order valence-corrected chi connectivity index (χ1v) is 8.08. The first kappa shape index (κ1) is 18.8. The number of oxazole rings is 1. The van der Waals surface area contributed by atoms with E-state index >= 15 is 0 Å². The van der Waals surface area contributed by atoms with Crippen LogP contribution in [0.3, 0.4) is 0 Å². The molecule has 0 amide bonds. The van der Waals surface area contributed by atoms with Gasteiger partial charge in [-0.1, -0.05) is 11.1 Å². The fraction of sp³-hybridized carbons (Fsp3) is 0.214. The maximum Gasteiger partial charge on any atom is 0.485 e. The van der Waals surface area contributed by atoms with E-state index in [2.05, 4.69) is 9.97 Å². The average Bonchev–Trinajstić information content (AvgIpc) is 2.89. The summed E-state index contributed by atoms with van der Waals surface area (Å²) >= 11 is 0. The zero-order valence-corrected chi connectivity index (χ0v) is 13.8. The Morgan fingerprint density at radius 1 is 1.28 bits per heavy atom. The standard InChI is InChI=1S/C13H12N3O.CHF3O3S/c1-9-3-4-12-11(5-9)15-13(17-12)10-6-14-8-16(2)7-10;2-1(3,4)8(5,6)7/h3-8H,1-2H3;(H,5,6,7)/q+1;/p-1. The van der Waals surface area contributed by atoms with Crippen molar-refractivity contribution in [2.24, 2.45) is 7.05 Å². The van der Waals surface area contributed by atoms with Crippen LogP contribution < -0.4 is 4.57 Å². The van der Waals surface area contributed by atoms with Crippen molar-refractivity contribution in [2.45, 2.75) is 12.4 Å². The molecule has 0 radical (unpaired) electrons. The van der Waals surface area contributed by atoms with Gasteiger partial charge < -0.3 is 8.97 Å². The summed E-state index contributed by atoms with van der Waals surface area (Å²) in [6.45, 7) is 2.04. The van der Waals surface area contributed by atoms with Gasteiger partial charge in [-0.05, 0) is 24.6 Å². The van der Waals surface area contributed by atoms with Gasteiger partial charge in [0.2, 0.25) is 5.89 Å². The lowest BCUT2D eigenvalue weighted by Crippen LogP contribution is -2.27. The molecular weight excluding hydrogens is 363 g/mol. The van der Waals surface area contributed by atoms with E-state index in [9.17, 15) is 13.2 Å². The van der Waals surface area contributed by atoms with Gasteiger partial charge in [-0.2, -0.15) is 13.2 Å². The van der Waals surface area contributed by atoms with Crippen molar-refractivity contribution in [3.63, 3.8) is 0 Å². The molecule has 0 unspecified atom stereocenters. The van der Waals surface area contributed by atoms with Gasteiger partial charge in [0, 0.05) is 0 Å². The Morgan fingerprint density at radius 2 is 1.92 bits per heavy atom. The number of halogens is 3. The second kappa shape index (κ2) is 6.76. The van der Waals surface area contributed by atoms with E-state index in [1.807, 2.05) is 42.9 Å². The van der Waals surface area contributed by atoms with Crippen LogP contribution in [0.15, 0.2) is 41.3 Å². The van der Waals surface area contributed by atoms with Gasteiger partial charge in [-0.3, -0.25) is 0 Å². The summed E-state index contributed by atoms with van der Waals surface area (Å²) < 4.78 is 66.5. The van der Waals surface area contributed by atoms with Crippen molar-refractivity contribution in [2.75, 3.05) is 0 Å². The van der Waals surface area contributed by atoms with E-state index in [4.69, 9.17) is 17.4 Å². The maximum atomic E-state index is 10.7. The minimum atomic E-state index is -6.09. The van der Waals surface area contributed by atoms with E-state index < -0.39 is 15.6 Å². The number of hydrogen-bond donors (Lipinski definition) is 0. The molecule has 2 heterocycles. The van der Waals surface area contributed by atoms with Crippen molar-refractivity contribution in [3.05, 3.63) is 42.5 Å². The highest BCUT2D eigenvalue weighted by Crippen LogP contribution is 2.23. The molecule has 0 saturated carbocycles. The first-order chi connectivity index (χ1) is 11.5. The highest BCUT2D eigenvalue weighted by molar-refractivity contribution is 7.86. The lowest BCUT2D eigenvalue weighted by atomic mass is 10.2.